The third-order valence-electron chi connectivity index (χ3n) is 1.84. The van der Waals surface area contributed by atoms with Crippen LogP contribution in [0.2, 0.25) is 5.22 Å². The molecule has 4 nitrogen and oxygen atoms in total. The molecule has 1 saturated heterocycles. The molecule has 2 unspecified atom stereocenters. The van der Waals surface area contributed by atoms with Crippen molar-refractivity contribution >= 4 is 11.6 Å². The maximum absolute atomic E-state index is 5.61. The van der Waals surface area contributed by atoms with Crippen LogP contribution in [0.4, 0.5) is 0 Å². The molecule has 13 heavy (non-hydrogen) atoms. The van der Waals surface area contributed by atoms with Crippen LogP contribution in [0.5, 0.6) is 0 Å². The zero-order valence-electron chi connectivity index (χ0n) is 6.90. The van der Waals surface area contributed by atoms with Crippen LogP contribution < -0.4 is 5.73 Å². The molecule has 0 aromatic carbocycles. The van der Waals surface area contributed by atoms with Gasteiger partial charge >= 0.3 is 0 Å². The van der Waals surface area contributed by atoms with Crippen LogP contribution in [0.3, 0.4) is 0 Å². The molecule has 0 saturated carbocycles. The molecule has 0 aliphatic carbocycles. The molecule has 1 aliphatic heterocycles. The fourth-order valence-electron chi connectivity index (χ4n) is 1.18. The van der Waals surface area contributed by atoms with E-state index < -0.39 is 6.29 Å². The highest BCUT2D eigenvalue weighted by molar-refractivity contribution is 6.28. The van der Waals surface area contributed by atoms with Crippen molar-refractivity contribution < 1.29 is 13.9 Å². The van der Waals surface area contributed by atoms with Crippen LogP contribution in [0.25, 0.3) is 0 Å². The molecule has 5 heteroatoms. The number of rotatable bonds is 2. The van der Waals surface area contributed by atoms with Gasteiger partial charge in [0.15, 0.2) is 11.0 Å². The minimum Gasteiger partial charge on any atom is -0.444 e. The second-order valence-electron chi connectivity index (χ2n) is 2.80. The SMILES string of the molecule is NCC1COC(c2ccc(Cl)o2)O1. The predicted octanol–water partition coefficient (Wildman–Crippen LogP) is 1.31. The molecule has 2 rings (SSSR count). The second kappa shape index (κ2) is 3.67. The maximum Gasteiger partial charge on any atom is 0.217 e. The summed E-state index contributed by atoms with van der Waals surface area (Å²) in [6, 6.07) is 3.38. The van der Waals surface area contributed by atoms with E-state index in [-0.39, 0.29) is 6.10 Å². The van der Waals surface area contributed by atoms with Crippen molar-refractivity contribution in [2.75, 3.05) is 13.2 Å². The fraction of sp³-hybridized carbons (Fsp3) is 0.500. The summed E-state index contributed by atoms with van der Waals surface area (Å²) in [5.41, 5.74) is 5.42. The van der Waals surface area contributed by atoms with Crippen LogP contribution in [0.15, 0.2) is 16.5 Å². The van der Waals surface area contributed by atoms with Crippen LogP contribution in [0, 0.1) is 0 Å². The van der Waals surface area contributed by atoms with E-state index in [0.717, 1.165) is 0 Å². The smallest absolute Gasteiger partial charge is 0.217 e. The minimum absolute atomic E-state index is 0.0473. The first-order valence-electron chi connectivity index (χ1n) is 4.02. The Kier molecular flexibility index (Phi) is 2.55. The number of halogens is 1. The van der Waals surface area contributed by atoms with E-state index in [0.29, 0.717) is 24.1 Å². The van der Waals surface area contributed by atoms with Crippen molar-refractivity contribution in [2.24, 2.45) is 5.73 Å². The normalized spacial score (nSPS) is 28.2. The Balaban J connectivity index is 2.03. The average molecular weight is 204 g/mol. The van der Waals surface area contributed by atoms with Crippen molar-refractivity contribution in [2.45, 2.75) is 12.4 Å². The van der Waals surface area contributed by atoms with E-state index in [1.807, 2.05) is 0 Å². The van der Waals surface area contributed by atoms with Gasteiger partial charge in [0, 0.05) is 6.54 Å². The number of hydrogen-bond donors (Lipinski definition) is 1. The van der Waals surface area contributed by atoms with Crippen molar-refractivity contribution in [1.29, 1.82) is 0 Å². The van der Waals surface area contributed by atoms with Crippen LogP contribution in [0.1, 0.15) is 12.1 Å². The largest absolute Gasteiger partial charge is 0.444 e. The van der Waals surface area contributed by atoms with E-state index >= 15 is 0 Å². The Hall–Kier alpha value is -0.550. The Morgan fingerprint density at radius 3 is 2.92 bits per heavy atom. The Labute approximate surface area is 80.5 Å². The van der Waals surface area contributed by atoms with Gasteiger partial charge in [0.25, 0.3) is 0 Å². The third kappa shape index (κ3) is 1.86. The van der Waals surface area contributed by atoms with Gasteiger partial charge in [-0.2, -0.15) is 0 Å². The van der Waals surface area contributed by atoms with Gasteiger partial charge in [0.2, 0.25) is 6.29 Å². The zero-order chi connectivity index (χ0) is 9.26. The van der Waals surface area contributed by atoms with Crippen molar-refractivity contribution in [1.82, 2.24) is 0 Å². The van der Waals surface area contributed by atoms with E-state index in [9.17, 15) is 0 Å². The van der Waals surface area contributed by atoms with Gasteiger partial charge in [0.1, 0.15) is 0 Å². The number of nitrogens with two attached hydrogens (primary N) is 1. The molecule has 0 spiro atoms. The molecule has 1 aliphatic rings. The summed E-state index contributed by atoms with van der Waals surface area (Å²) in [6.45, 7) is 0.949. The Morgan fingerprint density at radius 2 is 2.38 bits per heavy atom. The molecule has 1 fully saturated rings. The van der Waals surface area contributed by atoms with Gasteiger partial charge in [-0.1, -0.05) is 0 Å². The molecule has 2 heterocycles. The first-order valence-corrected chi connectivity index (χ1v) is 4.40. The van der Waals surface area contributed by atoms with Gasteiger partial charge in [-0.05, 0) is 23.7 Å². The van der Waals surface area contributed by atoms with E-state index in [1.165, 1.54) is 0 Å². The standard InChI is InChI=1S/C8H10ClNO3/c9-7-2-1-6(13-7)8-11-4-5(3-10)12-8/h1-2,5,8H,3-4,10H2. The van der Waals surface area contributed by atoms with Gasteiger partial charge in [-0.25, -0.2) is 0 Å². The summed E-state index contributed by atoms with van der Waals surface area (Å²) in [5.74, 6) is 0.584. The molecule has 72 valence electrons. The predicted molar refractivity (Wildman–Crippen MR) is 46.3 cm³/mol. The summed E-state index contributed by atoms with van der Waals surface area (Å²) in [6.07, 6.45) is -0.505. The molecule has 2 N–H and O–H groups in total. The lowest BCUT2D eigenvalue weighted by molar-refractivity contribution is -0.0722. The quantitative estimate of drug-likeness (QED) is 0.788. The summed E-state index contributed by atoms with van der Waals surface area (Å²) in [4.78, 5) is 0. The fourth-order valence-corrected chi connectivity index (χ4v) is 1.33. The van der Waals surface area contributed by atoms with Gasteiger partial charge in [-0.3, -0.25) is 0 Å². The monoisotopic (exact) mass is 203 g/mol. The lowest BCUT2D eigenvalue weighted by atomic mass is 10.4. The molecular formula is C8H10ClNO3. The zero-order valence-corrected chi connectivity index (χ0v) is 7.66. The van der Waals surface area contributed by atoms with Gasteiger partial charge in [-0.15, -0.1) is 0 Å². The summed E-state index contributed by atoms with van der Waals surface area (Å²) >= 11 is 5.61. The van der Waals surface area contributed by atoms with Crippen LogP contribution >= 0.6 is 11.6 Å². The molecule has 0 amide bonds. The molecule has 2 atom stereocenters. The Bertz CT molecular complexity index is 289. The highest BCUT2D eigenvalue weighted by Crippen LogP contribution is 2.29. The van der Waals surface area contributed by atoms with Crippen LogP contribution in [-0.2, 0) is 9.47 Å². The molecular weight excluding hydrogens is 194 g/mol. The average Bonchev–Trinajstić information content (AvgIpc) is 2.71. The van der Waals surface area contributed by atoms with E-state index in [4.69, 9.17) is 31.2 Å². The summed E-state index contributed by atoms with van der Waals surface area (Å²) in [7, 11) is 0. The molecule has 0 bridgehead atoms. The molecule has 0 radical (unpaired) electrons. The van der Waals surface area contributed by atoms with E-state index in [1.54, 1.807) is 12.1 Å². The summed E-state index contributed by atoms with van der Waals surface area (Å²) in [5, 5.41) is 0.332. The number of ether oxygens (including phenoxy) is 2. The highest BCUT2D eigenvalue weighted by Gasteiger charge is 2.28. The third-order valence-corrected chi connectivity index (χ3v) is 2.04. The van der Waals surface area contributed by atoms with Gasteiger partial charge in [0.05, 0.1) is 12.7 Å². The lowest BCUT2D eigenvalue weighted by Crippen LogP contribution is -2.21. The first-order chi connectivity index (χ1) is 6.29. The molecule has 1 aromatic rings. The maximum atomic E-state index is 5.61. The topological polar surface area (TPSA) is 57.6 Å². The highest BCUT2D eigenvalue weighted by atomic mass is 35.5. The second-order valence-corrected chi connectivity index (χ2v) is 3.17. The van der Waals surface area contributed by atoms with Crippen molar-refractivity contribution in [3.63, 3.8) is 0 Å². The number of hydrogen-bond acceptors (Lipinski definition) is 4. The van der Waals surface area contributed by atoms with Gasteiger partial charge < -0.3 is 19.6 Å². The Morgan fingerprint density at radius 1 is 1.54 bits per heavy atom. The van der Waals surface area contributed by atoms with Crippen molar-refractivity contribution in [3.8, 4) is 0 Å². The minimum atomic E-state index is -0.457. The van der Waals surface area contributed by atoms with Crippen molar-refractivity contribution in [3.05, 3.63) is 23.1 Å². The number of furan rings is 1. The lowest BCUT2D eigenvalue weighted by Gasteiger charge is -2.06. The molecule has 1 aromatic heterocycles. The first kappa shape index (κ1) is 9.02. The van der Waals surface area contributed by atoms with Crippen LogP contribution in [-0.4, -0.2) is 19.3 Å². The van der Waals surface area contributed by atoms with E-state index in [2.05, 4.69) is 0 Å². The summed E-state index contributed by atoms with van der Waals surface area (Å²) < 4.78 is 15.8.